The Bertz CT molecular complexity index is 608. The van der Waals surface area contributed by atoms with Crippen molar-refractivity contribution in [2.24, 2.45) is 0 Å². The molecular weight excluding hydrogens is 586 g/mol. The van der Waals surface area contributed by atoms with Crippen LogP contribution >= 0.6 is 22.6 Å². The van der Waals surface area contributed by atoms with Crippen LogP contribution in [0.1, 0.15) is 32.1 Å². The first kappa shape index (κ1) is 28.8. The number of rotatable bonds is 9. The highest BCUT2D eigenvalue weighted by Crippen LogP contribution is 2.60. The summed E-state index contributed by atoms with van der Waals surface area (Å²) in [5.41, 5.74) is 0. The third kappa shape index (κ3) is 5.30. The lowest BCUT2D eigenvalue weighted by atomic mass is 9.92. The minimum absolute atomic E-state index is 0.258. The van der Waals surface area contributed by atoms with E-state index in [9.17, 15) is 62.2 Å². The van der Waals surface area contributed by atoms with Crippen molar-refractivity contribution in [2.45, 2.75) is 84.0 Å². The van der Waals surface area contributed by atoms with Gasteiger partial charge in [-0.15, -0.1) is 0 Å². The maximum absolute atomic E-state index is 13.8. The van der Waals surface area contributed by atoms with Gasteiger partial charge in [0, 0.05) is 10.3 Å². The zero-order valence-corrected chi connectivity index (χ0v) is 17.3. The molecule has 0 amide bonds. The largest absolute Gasteiger partial charge is 0.460 e. The molecule has 1 N–H and O–H groups in total. The molecule has 1 saturated carbocycles. The van der Waals surface area contributed by atoms with E-state index in [2.05, 4.69) is 0 Å². The van der Waals surface area contributed by atoms with Crippen molar-refractivity contribution in [3.8, 4) is 0 Å². The van der Waals surface area contributed by atoms with Crippen LogP contribution in [0.25, 0.3) is 0 Å². The molecule has 0 aromatic carbocycles. The quantitative estimate of drug-likeness (QED) is 0.193. The molecule has 2 nitrogen and oxygen atoms in total. The minimum Gasteiger partial charge on any atom is -0.390 e. The first-order valence-corrected chi connectivity index (χ1v) is 9.77. The Hall–Kier alpha value is -0.260. The molecule has 0 bridgehead atoms. The Morgan fingerprint density at radius 1 is 0.742 bits per heavy atom. The topological polar surface area (TPSA) is 29.5 Å². The predicted octanol–water partition coefficient (Wildman–Crippen LogP) is 6.24. The van der Waals surface area contributed by atoms with Gasteiger partial charge < -0.3 is 9.84 Å². The van der Waals surface area contributed by atoms with E-state index >= 15 is 0 Å². The second-order valence-electron chi connectivity index (χ2n) is 7.02. The summed E-state index contributed by atoms with van der Waals surface area (Å²) in [7, 11) is 0. The lowest BCUT2D eigenvalue weighted by Crippen LogP contribution is -2.70. The van der Waals surface area contributed by atoms with Crippen LogP contribution in [0.2, 0.25) is 0 Å². The zero-order valence-electron chi connectivity index (χ0n) is 15.1. The molecule has 0 aromatic heterocycles. The van der Waals surface area contributed by atoms with Gasteiger partial charge in [-0.2, -0.15) is 57.1 Å². The molecule has 1 rings (SSSR count). The van der Waals surface area contributed by atoms with Gasteiger partial charge in [-0.1, -0.05) is 35.4 Å². The summed E-state index contributed by atoms with van der Waals surface area (Å²) in [6.45, 7) is -0.839. The van der Waals surface area contributed by atoms with Gasteiger partial charge in [-0.3, -0.25) is 0 Å². The van der Waals surface area contributed by atoms with Crippen molar-refractivity contribution in [1.29, 1.82) is 0 Å². The first-order valence-electron chi connectivity index (χ1n) is 8.53. The molecule has 1 unspecified atom stereocenters. The first-order chi connectivity index (χ1) is 13.6. The third-order valence-electron chi connectivity index (χ3n) is 4.64. The van der Waals surface area contributed by atoms with Crippen molar-refractivity contribution in [3.05, 3.63) is 0 Å². The standard InChI is InChI=1S/C15H16F13IO2/c16-10(17,5-7(29)6-31-9-4-2-1-3-8(9)30)11(18,19)12(20,21)13(22,23)14(24,25)15(26,27)28/h7-9,30H,1-6H2/t7?,8-,9-/m0/s1. The van der Waals surface area contributed by atoms with Crippen molar-refractivity contribution in [2.75, 3.05) is 6.61 Å². The van der Waals surface area contributed by atoms with E-state index in [1.54, 1.807) is 0 Å². The Morgan fingerprint density at radius 3 is 1.65 bits per heavy atom. The maximum Gasteiger partial charge on any atom is 0.460 e. The average molecular weight is 602 g/mol. The van der Waals surface area contributed by atoms with E-state index in [0.29, 0.717) is 12.8 Å². The van der Waals surface area contributed by atoms with Crippen molar-refractivity contribution in [3.63, 3.8) is 0 Å². The summed E-state index contributed by atoms with van der Waals surface area (Å²) in [5.74, 6) is -36.8. The van der Waals surface area contributed by atoms with Crippen molar-refractivity contribution < 1.29 is 66.9 Å². The Kier molecular flexibility index (Phi) is 8.52. The number of halogens is 14. The van der Waals surface area contributed by atoms with E-state index in [1.165, 1.54) is 0 Å². The number of aliphatic hydroxyl groups is 1. The fraction of sp³-hybridized carbons (Fsp3) is 1.00. The third-order valence-corrected chi connectivity index (χ3v) is 5.44. The van der Waals surface area contributed by atoms with Gasteiger partial charge >= 0.3 is 35.8 Å². The molecule has 186 valence electrons. The molecule has 0 spiro atoms. The fourth-order valence-corrected chi connectivity index (χ4v) is 3.53. The fourth-order valence-electron chi connectivity index (χ4n) is 2.77. The molecule has 16 heteroatoms. The van der Waals surface area contributed by atoms with E-state index in [0.717, 1.165) is 22.6 Å². The number of hydrogen-bond acceptors (Lipinski definition) is 2. The second kappa shape index (κ2) is 9.18. The van der Waals surface area contributed by atoms with Gasteiger partial charge in [0.1, 0.15) is 0 Å². The molecular formula is C15H16F13IO2. The predicted molar refractivity (Wildman–Crippen MR) is 87.4 cm³/mol. The van der Waals surface area contributed by atoms with Gasteiger partial charge in [-0.25, -0.2) is 0 Å². The molecule has 0 radical (unpaired) electrons. The van der Waals surface area contributed by atoms with Crippen LogP contribution in [0.15, 0.2) is 0 Å². The monoisotopic (exact) mass is 602 g/mol. The van der Waals surface area contributed by atoms with Gasteiger partial charge in [-0.05, 0) is 12.8 Å². The zero-order chi connectivity index (χ0) is 24.7. The highest BCUT2D eigenvalue weighted by atomic mass is 127. The van der Waals surface area contributed by atoms with E-state index in [1.807, 2.05) is 0 Å². The molecule has 1 aliphatic rings. The summed E-state index contributed by atoms with van der Waals surface area (Å²) in [4.78, 5) is 0. The van der Waals surface area contributed by atoms with Gasteiger partial charge in [0.15, 0.2) is 0 Å². The summed E-state index contributed by atoms with van der Waals surface area (Å²) in [5, 5.41) is 9.64. The summed E-state index contributed by atoms with van der Waals surface area (Å²) in [6.07, 6.45) is -9.93. The summed E-state index contributed by atoms with van der Waals surface area (Å²) in [6, 6.07) is 0. The van der Waals surface area contributed by atoms with E-state index in [4.69, 9.17) is 4.74 Å². The number of aliphatic hydroxyl groups excluding tert-OH is 1. The van der Waals surface area contributed by atoms with Crippen molar-refractivity contribution in [1.82, 2.24) is 0 Å². The molecule has 0 aromatic rings. The highest BCUT2D eigenvalue weighted by molar-refractivity contribution is 14.1. The molecule has 0 aliphatic heterocycles. The number of ether oxygens (including phenoxy) is 1. The number of hydrogen-bond donors (Lipinski definition) is 1. The van der Waals surface area contributed by atoms with Crippen LogP contribution < -0.4 is 0 Å². The van der Waals surface area contributed by atoms with Gasteiger partial charge in [0.2, 0.25) is 0 Å². The molecule has 3 atom stereocenters. The van der Waals surface area contributed by atoms with Crippen molar-refractivity contribution >= 4 is 22.6 Å². The molecule has 1 aliphatic carbocycles. The lowest BCUT2D eigenvalue weighted by molar-refractivity contribution is -0.440. The second-order valence-corrected chi connectivity index (χ2v) is 8.79. The highest BCUT2D eigenvalue weighted by Gasteiger charge is 2.90. The SMILES string of the molecule is O[C@H]1CCCC[C@@H]1OCC(I)CC(F)(F)C(F)(F)C(F)(F)C(F)(F)C(F)(F)C(F)(F)F. The number of alkyl halides is 14. The normalized spacial score (nSPS) is 23.7. The lowest BCUT2D eigenvalue weighted by Gasteiger charge is -2.40. The molecule has 0 saturated heterocycles. The van der Waals surface area contributed by atoms with E-state index in [-0.39, 0.29) is 12.8 Å². The van der Waals surface area contributed by atoms with E-state index < -0.39 is 64.9 Å². The minimum atomic E-state index is -7.89. The van der Waals surface area contributed by atoms with Crippen LogP contribution in [0.4, 0.5) is 57.1 Å². The Morgan fingerprint density at radius 2 is 1.19 bits per heavy atom. The van der Waals surface area contributed by atoms with Crippen LogP contribution in [0.5, 0.6) is 0 Å². The van der Waals surface area contributed by atoms with Crippen LogP contribution in [-0.4, -0.2) is 63.6 Å². The van der Waals surface area contributed by atoms with Gasteiger partial charge in [0.25, 0.3) is 0 Å². The molecule has 1 fully saturated rings. The smallest absolute Gasteiger partial charge is 0.390 e. The Balaban J connectivity index is 3.02. The van der Waals surface area contributed by atoms with Gasteiger partial charge in [0.05, 0.1) is 18.8 Å². The molecule has 0 heterocycles. The molecule has 31 heavy (non-hydrogen) atoms. The maximum atomic E-state index is 13.8. The van der Waals surface area contributed by atoms with Crippen LogP contribution in [0.3, 0.4) is 0 Å². The average Bonchev–Trinajstić information content (AvgIpc) is 2.59. The van der Waals surface area contributed by atoms with Crippen LogP contribution in [-0.2, 0) is 4.74 Å². The Labute approximate surface area is 180 Å². The van der Waals surface area contributed by atoms with Crippen LogP contribution in [0, 0.1) is 0 Å². The summed E-state index contributed by atoms with van der Waals surface area (Å²) >= 11 is 1.01. The summed E-state index contributed by atoms with van der Waals surface area (Å²) < 4.78 is 173.